The molecule has 1 aromatic carbocycles. The van der Waals surface area contributed by atoms with E-state index in [-0.39, 0.29) is 0 Å². The minimum absolute atomic E-state index is 0.400. The van der Waals surface area contributed by atoms with Gasteiger partial charge in [0, 0.05) is 18.3 Å². The molecule has 0 bridgehead atoms. The summed E-state index contributed by atoms with van der Waals surface area (Å²) in [6.45, 7) is 3.27. The second-order valence-electron chi connectivity index (χ2n) is 5.55. The molecular formula is C16H22N4S. The maximum Gasteiger partial charge on any atom is 0.191 e. The van der Waals surface area contributed by atoms with Crippen LogP contribution >= 0.6 is 11.8 Å². The molecule has 1 heterocycles. The Bertz CT molecular complexity index is 595. The summed E-state index contributed by atoms with van der Waals surface area (Å²) in [7, 11) is 2.01. The fraction of sp³-hybridized carbons (Fsp3) is 0.500. The van der Waals surface area contributed by atoms with Crippen molar-refractivity contribution in [3.63, 3.8) is 0 Å². The highest BCUT2D eigenvalue weighted by atomic mass is 32.2. The van der Waals surface area contributed by atoms with Crippen molar-refractivity contribution in [3.8, 4) is 0 Å². The van der Waals surface area contributed by atoms with Crippen LogP contribution in [0.5, 0.6) is 0 Å². The molecule has 0 spiro atoms. The molecule has 0 saturated carbocycles. The molecule has 3 rings (SSSR count). The first-order chi connectivity index (χ1) is 10.3. The van der Waals surface area contributed by atoms with E-state index in [4.69, 9.17) is 0 Å². The van der Waals surface area contributed by atoms with E-state index < -0.39 is 0 Å². The Labute approximate surface area is 130 Å². The first-order valence-corrected chi connectivity index (χ1v) is 8.49. The van der Waals surface area contributed by atoms with Crippen LogP contribution in [0.25, 0.3) is 0 Å². The lowest BCUT2D eigenvalue weighted by Gasteiger charge is -2.33. The molecule has 1 N–H and O–H groups in total. The predicted octanol–water partition coefficient (Wildman–Crippen LogP) is 2.96. The molecule has 1 aliphatic carbocycles. The van der Waals surface area contributed by atoms with Crippen molar-refractivity contribution < 1.29 is 0 Å². The van der Waals surface area contributed by atoms with E-state index in [0.717, 1.165) is 24.5 Å². The zero-order valence-corrected chi connectivity index (χ0v) is 13.4. The van der Waals surface area contributed by atoms with Gasteiger partial charge in [-0.2, -0.15) is 0 Å². The van der Waals surface area contributed by atoms with Gasteiger partial charge in [-0.25, -0.2) is 0 Å². The van der Waals surface area contributed by atoms with Crippen molar-refractivity contribution in [2.45, 2.75) is 42.6 Å². The van der Waals surface area contributed by atoms with Gasteiger partial charge in [-0.3, -0.25) is 0 Å². The topological polar surface area (TPSA) is 42.7 Å². The fourth-order valence-electron chi connectivity index (χ4n) is 2.91. The average Bonchev–Trinajstić information content (AvgIpc) is 2.91. The molecule has 0 fully saturated rings. The van der Waals surface area contributed by atoms with Gasteiger partial charge in [0.15, 0.2) is 5.16 Å². The molecule has 2 aromatic rings. The van der Waals surface area contributed by atoms with Gasteiger partial charge >= 0.3 is 0 Å². The summed E-state index contributed by atoms with van der Waals surface area (Å²) in [5, 5.41) is 13.5. The van der Waals surface area contributed by atoms with Crippen LogP contribution in [0.3, 0.4) is 0 Å². The number of hydrogen-bond donors (Lipinski definition) is 1. The lowest BCUT2D eigenvalue weighted by atomic mass is 9.87. The summed E-state index contributed by atoms with van der Waals surface area (Å²) >= 11 is 1.85. The molecule has 112 valence electrons. The molecule has 2 atom stereocenters. The smallest absolute Gasteiger partial charge is 0.191 e. The highest BCUT2D eigenvalue weighted by molar-refractivity contribution is 7.99. The van der Waals surface area contributed by atoms with Crippen molar-refractivity contribution in [3.05, 3.63) is 41.7 Å². The monoisotopic (exact) mass is 302 g/mol. The van der Waals surface area contributed by atoms with Crippen LogP contribution in [0.4, 0.5) is 0 Å². The van der Waals surface area contributed by atoms with Gasteiger partial charge in [0.1, 0.15) is 6.33 Å². The molecule has 2 unspecified atom stereocenters. The Morgan fingerprint density at radius 3 is 3.00 bits per heavy atom. The van der Waals surface area contributed by atoms with Gasteiger partial charge in [-0.05, 0) is 36.9 Å². The van der Waals surface area contributed by atoms with E-state index in [2.05, 4.69) is 46.7 Å². The summed E-state index contributed by atoms with van der Waals surface area (Å²) in [4.78, 5) is 0. The highest BCUT2D eigenvalue weighted by Crippen LogP contribution is 2.39. The number of benzene rings is 1. The normalized spacial score (nSPS) is 21.2. The van der Waals surface area contributed by atoms with Crippen molar-refractivity contribution in [1.82, 2.24) is 20.1 Å². The predicted molar refractivity (Wildman–Crippen MR) is 86.4 cm³/mol. The van der Waals surface area contributed by atoms with Crippen LogP contribution in [-0.4, -0.2) is 26.6 Å². The van der Waals surface area contributed by atoms with Gasteiger partial charge in [-0.1, -0.05) is 43.0 Å². The van der Waals surface area contributed by atoms with Gasteiger partial charge in [-0.15, -0.1) is 10.2 Å². The Morgan fingerprint density at radius 1 is 1.38 bits per heavy atom. The molecule has 1 aliphatic rings. The number of aromatic nitrogens is 3. The molecule has 5 heteroatoms. The van der Waals surface area contributed by atoms with E-state index in [0.29, 0.717) is 11.3 Å². The molecule has 0 saturated heterocycles. The average molecular weight is 302 g/mol. The van der Waals surface area contributed by atoms with Gasteiger partial charge in [0.2, 0.25) is 0 Å². The van der Waals surface area contributed by atoms with Crippen LogP contribution in [0, 0.1) is 0 Å². The molecule has 0 amide bonds. The molecule has 21 heavy (non-hydrogen) atoms. The van der Waals surface area contributed by atoms with Crippen LogP contribution in [0.15, 0.2) is 35.7 Å². The number of nitrogens with one attached hydrogen (secondary N) is 1. The summed E-state index contributed by atoms with van der Waals surface area (Å²) < 4.78 is 2.00. The van der Waals surface area contributed by atoms with Crippen molar-refractivity contribution in [1.29, 1.82) is 0 Å². The third-order valence-corrected chi connectivity index (χ3v) is 5.39. The van der Waals surface area contributed by atoms with Crippen LogP contribution in [0.1, 0.15) is 36.9 Å². The third-order valence-electron chi connectivity index (χ3n) is 4.00. The van der Waals surface area contributed by atoms with Gasteiger partial charge < -0.3 is 9.88 Å². The second kappa shape index (κ2) is 6.62. The molecular weight excluding hydrogens is 280 g/mol. The third kappa shape index (κ3) is 3.14. The summed E-state index contributed by atoms with van der Waals surface area (Å²) in [5.74, 6) is 0. The minimum Gasteiger partial charge on any atom is -0.312 e. The quantitative estimate of drug-likeness (QED) is 0.922. The summed E-state index contributed by atoms with van der Waals surface area (Å²) in [6, 6.07) is 9.22. The van der Waals surface area contributed by atoms with Gasteiger partial charge in [0.05, 0.1) is 0 Å². The van der Waals surface area contributed by atoms with Crippen LogP contribution in [-0.2, 0) is 13.5 Å². The van der Waals surface area contributed by atoms with Crippen molar-refractivity contribution in [2.24, 2.45) is 7.05 Å². The van der Waals surface area contributed by atoms with E-state index in [1.165, 1.54) is 17.5 Å². The number of fused-ring (bicyclic) bond motifs is 1. The Kier molecular flexibility index (Phi) is 4.60. The zero-order chi connectivity index (χ0) is 14.7. The first-order valence-electron chi connectivity index (χ1n) is 7.61. The first kappa shape index (κ1) is 14.6. The van der Waals surface area contributed by atoms with E-state index in [9.17, 15) is 0 Å². The largest absolute Gasteiger partial charge is 0.312 e. The zero-order valence-electron chi connectivity index (χ0n) is 12.6. The van der Waals surface area contributed by atoms with E-state index in [1.807, 2.05) is 23.4 Å². The second-order valence-corrected chi connectivity index (χ2v) is 6.76. The van der Waals surface area contributed by atoms with Crippen LogP contribution in [0.2, 0.25) is 0 Å². The number of hydrogen-bond acceptors (Lipinski definition) is 4. The lowest BCUT2D eigenvalue weighted by molar-refractivity contribution is 0.471. The summed E-state index contributed by atoms with van der Waals surface area (Å²) in [6.07, 6.45) is 5.25. The fourth-order valence-corrected chi connectivity index (χ4v) is 4.11. The maximum atomic E-state index is 4.23. The van der Waals surface area contributed by atoms with Crippen molar-refractivity contribution >= 4 is 11.8 Å². The van der Waals surface area contributed by atoms with Gasteiger partial charge in [0.25, 0.3) is 0 Å². The van der Waals surface area contributed by atoms with E-state index >= 15 is 0 Å². The summed E-state index contributed by atoms with van der Waals surface area (Å²) in [5.41, 5.74) is 2.94. The van der Waals surface area contributed by atoms with E-state index in [1.54, 1.807) is 6.33 Å². The number of thioether (sulfide) groups is 1. The molecule has 1 aromatic heterocycles. The van der Waals surface area contributed by atoms with Crippen LogP contribution < -0.4 is 5.32 Å². The lowest BCUT2D eigenvalue weighted by Crippen LogP contribution is -2.35. The maximum absolute atomic E-state index is 4.23. The standard InChI is InChI=1S/C16H22N4S/c1-3-10-17-15-13-7-5-4-6-12(13)8-9-14(15)21-16-19-18-11-20(16)2/h4-7,11,14-15,17H,3,8-10H2,1-2H3. The number of nitrogens with zero attached hydrogens (tertiary/aromatic N) is 3. The SMILES string of the molecule is CCCNC1c2ccccc2CCC1Sc1nncn1C. The highest BCUT2D eigenvalue weighted by Gasteiger charge is 2.30. The Balaban J connectivity index is 1.84. The Morgan fingerprint density at radius 2 is 2.24 bits per heavy atom. The minimum atomic E-state index is 0.400. The molecule has 4 nitrogen and oxygen atoms in total. The van der Waals surface area contributed by atoms with Crippen molar-refractivity contribution in [2.75, 3.05) is 6.54 Å². The Hall–Kier alpha value is -1.33. The number of aryl methyl sites for hydroxylation is 2. The number of rotatable bonds is 5. The molecule has 0 radical (unpaired) electrons. The molecule has 0 aliphatic heterocycles.